The zero-order chi connectivity index (χ0) is 12.1. The average molecular weight is 231 g/mol. The fraction of sp³-hybridized carbons (Fsp3) is 0.400. The molecule has 1 N–H and O–H groups in total. The van der Waals surface area contributed by atoms with Crippen LogP contribution in [0.5, 0.6) is 5.75 Å². The number of aliphatic carboxylic acids is 1. The van der Waals surface area contributed by atoms with Gasteiger partial charge in [0.2, 0.25) is 0 Å². The molecule has 0 unspecified atom stereocenters. The van der Waals surface area contributed by atoms with E-state index in [9.17, 15) is 13.6 Å². The van der Waals surface area contributed by atoms with Crippen LogP contribution in [0.2, 0.25) is 0 Å². The Morgan fingerprint density at radius 2 is 2.25 bits per heavy atom. The number of alkyl halides is 2. The standard InChI is InChI=1S/C10H11F2NO3/c1-2-6-8(16-5-9(14)15)4-3-7(13-6)10(11)12/h3-4,10H,2,5H2,1H3,(H,14,15). The second-order valence-corrected chi connectivity index (χ2v) is 3.02. The van der Waals surface area contributed by atoms with Crippen molar-refractivity contribution < 1.29 is 23.4 Å². The molecular weight excluding hydrogens is 220 g/mol. The molecule has 1 rings (SSSR count). The van der Waals surface area contributed by atoms with Gasteiger partial charge in [-0.15, -0.1) is 0 Å². The molecule has 0 saturated heterocycles. The minimum atomic E-state index is -2.64. The van der Waals surface area contributed by atoms with Crippen LogP contribution in [-0.4, -0.2) is 22.7 Å². The van der Waals surface area contributed by atoms with E-state index in [1.807, 2.05) is 0 Å². The quantitative estimate of drug-likeness (QED) is 0.842. The maximum Gasteiger partial charge on any atom is 0.341 e. The summed E-state index contributed by atoms with van der Waals surface area (Å²) < 4.78 is 29.6. The van der Waals surface area contributed by atoms with Gasteiger partial charge in [-0.2, -0.15) is 0 Å². The molecule has 0 aliphatic carbocycles. The zero-order valence-electron chi connectivity index (χ0n) is 8.61. The van der Waals surface area contributed by atoms with E-state index in [0.29, 0.717) is 12.1 Å². The number of ether oxygens (including phenoxy) is 1. The van der Waals surface area contributed by atoms with Gasteiger partial charge in [0.15, 0.2) is 6.61 Å². The van der Waals surface area contributed by atoms with E-state index in [-0.39, 0.29) is 11.4 Å². The predicted molar refractivity (Wildman–Crippen MR) is 51.7 cm³/mol. The van der Waals surface area contributed by atoms with E-state index in [1.165, 1.54) is 6.07 Å². The first-order valence-electron chi connectivity index (χ1n) is 4.67. The van der Waals surface area contributed by atoms with Crippen LogP contribution in [-0.2, 0) is 11.2 Å². The third-order valence-electron chi connectivity index (χ3n) is 1.86. The summed E-state index contributed by atoms with van der Waals surface area (Å²) >= 11 is 0. The Hall–Kier alpha value is -1.72. The second-order valence-electron chi connectivity index (χ2n) is 3.02. The summed E-state index contributed by atoms with van der Waals surface area (Å²) in [6.07, 6.45) is -2.24. The summed E-state index contributed by atoms with van der Waals surface area (Å²) in [5.74, 6) is -0.894. The maximum absolute atomic E-state index is 12.3. The highest BCUT2D eigenvalue weighted by Crippen LogP contribution is 2.23. The minimum Gasteiger partial charge on any atom is -0.480 e. The lowest BCUT2D eigenvalue weighted by molar-refractivity contribution is -0.139. The Morgan fingerprint density at radius 3 is 2.75 bits per heavy atom. The first-order chi connectivity index (χ1) is 7.54. The molecule has 16 heavy (non-hydrogen) atoms. The summed E-state index contributed by atoms with van der Waals surface area (Å²) in [6, 6.07) is 2.44. The zero-order valence-corrected chi connectivity index (χ0v) is 8.61. The van der Waals surface area contributed by atoms with Gasteiger partial charge < -0.3 is 9.84 Å². The number of carboxylic acids is 1. The lowest BCUT2D eigenvalue weighted by Crippen LogP contribution is -2.11. The Morgan fingerprint density at radius 1 is 1.56 bits per heavy atom. The number of aromatic nitrogens is 1. The van der Waals surface area contributed by atoms with Gasteiger partial charge in [0.1, 0.15) is 11.4 Å². The smallest absolute Gasteiger partial charge is 0.341 e. The van der Waals surface area contributed by atoms with Gasteiger partial charge in [-0.1, -0.05) is 6.92 Å². The van der Waals surface area contributed by atoms with Crippen LogP contribution in [0.1, 0.15) is 24.7 Å². The number of pyridine rings is 1. The fourth-order valence-electron chi connectivity index (χ4n) is 1.15. The van der Waals surface area contributed by atoms with Crippen molar-refractivity contribution >= 4 is 5.97 Å². The number of carboxylic acid groups (broad SMARTS) is 1. The first kappa shape index (κ1) is 12.4. The molecule has 0 radical (unpaired) electrons. The molecule has 4 nitrogen and oxygen atoms in total. The van der Waals surface area contributed by atoms with Crippen LogP contribution in [0.3, 0.4) is 0 Å². The highest BCUT2D eigenvalue weighted by molar-refractivity contribution is 5.68. The number of halogens is 2. The van der Waals surface area contributed by atoms with Crippen LogP contribution in [0.25, 0.3) is 0 Å². The largest absolute Gasteiger partial charge is 0.480 e. The number of aryl methyl sites for hydroxylation is 1. The van der Waals surface area contributed by atoms with Gasteiger partial charge in [-0.25, -0.2) is 18.6 Å². The van der Waals surface area contributed by atoms with Crippen molar-refractivity contribution in [2.45, 2.75) is 19.8 Å². The maximum atomic E-state index is 12.3. The van der Waals surface area contributed by atoms with E-state index in [4.69, 9.17) is 9.84 Å². The molecule has 6 heteroatoms. The van der Waals surface area contributed by atoms with Crippen LogP contribution >= 0.6 is 0 Å². The molecule has 0 aliphatic heterocycles. The summed E-state index contributed by atoms with van der Waals surface area (Å²) in [5.41, 5.74) is -0.00132. The molecular formula is C10H11F2NO3. The van der Waals surface area contributed by atoms with E-state index in [1.54, 1.807) is 6.92 Å². The highest BCUT2D eigenvalue weighted by Gasteiger charge is 2.13. The third-order valence-corrected chi connectivity index (χ3v) is 1.86. The van der Waals surface area contributed by atoms with Crippen molar-refractivity contribution in [2.24, 2.45) is 0 Å². The van der Waals surface area contributed by atoms with Gasteiger partial charge >= 0.3 is 5.97 Å². The van der Waals surface area contributed by atoms with Gasteiger partial charge in [0.05, 0.1) is 5.69 Å². The molecule has 1 aromatic heterocycles. The summed E-state index contributed by atoms with van der Waals surface area (Å²) in [6.45, 7) is 1.22. The molecule has 0 aromatic carbocycles. The van der Waals surface area contributed by atoms with Gasteiger partial charge in [-0.3, -0.25) is 0 Å². The SMILES string of the molecule is CCc1nc(C(F)F)ccc1OCC(=O)O. The van der Waals surface area contributed by atoms with Crippen LogP contribution in [0, 0.1) is 0 Å². The molecule has 0 saturated carbocycles. The van der Waals surface area contributed by atoms with E-state index >= 15 is 0 Å². The van der Waals surface area contributed by atoms with Crippen LogP contribution in [0.15, 0.2) is 12.1 Å². The Balaban J connectivity index is 2.88. The van der Waals surface area contributed by atoms with E-state index in [0.717, 1.165) is 6.07 Å². The van der Waals surface area contributed by atoms with Crippen molar-refractivity contribution in [1.29, 1.82) is 0 Å². The molecule has 0 spiro atoms. The second kappa shape index (κ2) is 5.39. The number of rotatable bonds is 5. The van der Waals surface area contributed by atoms with Crippen molar-refractivity contribution in [3.63, 3.8) is 0 Å². The first-order valence-corrected chi connectivity index (χ1v) is 4.67. The van der Waals surface area contributed by atoms with Gasteiger partial charge in [0, 0.05) is 0 Å². The van der Waals surface area contributed by atoms with Gasteiger partial charge in [-0.05, 0) is 18.6 Å². The number of hydrogen-bond acceptors (Lipinski definition) is 3. The fourth-order valence-corrected chi connectivity index (χ4v) is 1.15. The molecule has 88 valence electrons. The number of nitrogens with zero attached hydrogens (tertiary/aromatic N) is 1. The molecule has 0 bridgehead atoms. The van der Waals surface area contributed by atoms with Crippen LogP contribution in [0.4, 0.5) is 8.78 Å². The van der Waals surface area contributed by atoms with E-state index < -0.39 is 19.0 Å². The molecule has 0 atom stereocenters. The van der Waals surface area contributed by atoms with Crippen molar-refractivity contribution in [2.75, 3.05) is 6.61 Å². The lowest BCUT2D eigenvalue weighted by Gasteiger charge is -2.09. The van der Waals surface area contributed by atoms with E-state index in [2.05, 4.69) is 4.98 Å². The third kappa shape index (κ3) is 3.15. The number of hydrogen-bond donors (Lipinski definition) is 1. The van der Waals surface area contributed by atoms with Gasteiger partial charge in [0.25, 0.3) is 6.43 Å². The minimum absolute atomic E-state index is 0.231. The Bertz CT molecular complexity index is 382. The summed E-state index contributed by atoms with van der Waals surface area (Å²) in [4.78, 5) is 14.0. The normalized spacial score (nSPS) is 10.5. The van der Waals surface area contributed by atoms with Crippen LogP contribution < -0.4 is 4.74 Å². The molecule has 0 amide bonds. The monoisotopic (exact) mass is 231 g/mol. The van der Waals surface area contributed by atoms with Crippen molar-refractivity contribution in [3.8, 4) is 5.75 Å². The molecule has 1 heterocycles. The summed E-state index contributed by atoms with van der Waals surface area (Å²) in [7, 11) is 0. The Labute approximate surface area is 90.9 Å². The average Bonchev–Trinajstić information content (AvgIpc) is 2.25. The summed E-state index contributed by atoms with van der Waals surface area (Å²) in [5, 5.41) is 8.42. The van der Waals surface area contributed by atoms with Crippen molar-refractivity contribution in [1.82, 2.24) is 4.98 Å². The number of carbonyl (C=O) groups is 1. The topological polar surface area (TPSA) is 59.4 Å². The van der Waals surface area contributed by atoms with Crippen molar-refractivity contribution in [3.05, 3.63) is 23.5 Å². The molecule has 1 aromatic rings. The highest BCUT2D eigenvalue weighted by atomic mass is 19.3. The predicted octanol–water partition coefficient (Wildman–Crippen LogP) is 2.04. The molecule has 0 fully saturated rings. The molecule has 0 aliphatic rings. The Kier molecular flexibility index (Phi) is 4.16. The lowest BCUT2D eigenvalue weighted by atomic mass is 10.2.